The Balaban J connectivity index is 1.57. The van der Waals surface area contributed by atoms with Gasteiger partial charge in [-0.05, 0) is 5.56 Å². The van der Waals surface area contributed by atoms with E-state index in [1.54, 1.807) is 16.3 Å². The van der Waals surface area contributed by atoms with Gasteiger partial charge in [-0.1, -0.05) is 30.3 Å². The number of thioether (sulfide) groups is 1. The number of benzene rings is 1. The largest absolute Gasteiger partial charge is 0.394 e. The van der Waals surface area contributed by atoms with Crippen LogP contribution in [0.4, 0.5) is 5.82 Å². The zero-order valence-electron chi connectivity index (χ0n) is 13.8. The first-order valence-electron chi connectivity index (χ1n) is 8.22. The standard InChI is InChI=1S/C17H19N5O3S/c18-15-12-16(20-8-19-15)22(9-21-12)17-13(24)14(11(6-23)25-17)26-7-10-4-2-1-3-5-10/h1-5,8-9,11,13-14,17,23-24H,6-7H2,(H2,18,19,20)/t11-,13+,14-,17-/m1/s1. The van der Waals surface area contributed by atoms with Crippen molar-refractivity contribution in [3.8, 4) is 0 Å². The van der Waals surface area contributed by atoms with Crippen LogP contribution in [-0.4, -0.2) is 53.8 Å². The summed E-state index contributed by atoms with van der Waals surface area (Å²) in [5.41, 5.74) is 7.93. The zero-order valence-corrected chi connectivity index (χ0v) is 14.7. The quantitative estimate of drug-likeness (QED) is 0.605. The second-order valence-electron chi connectivity index (χ2n) is 6.08. The minimum atomic E-state index is -0.825. The summed E-state index contributed by atoms with van der Waals surface area (Å²) in [4.78, 5) is 12.3. The number of nitrogen functional groups attached to an aromatic ring is 1. The van der Waals surface area contributed by atoms with Crippen molar-refractivity contribution in [1.82, 2.24) is 19.5 Å². The first kappa shape index (κ1) is 17.2. The van der Waals surface area contributed by atoms with Crippen molar-refractivity contribution in [2.75, 3.05) is 12.3 Å². The van der Waals surface area contributed by atoms with Gasteiger partial charge in [0.2, 0.25) is 0 Å². The van der Waals surface area contributed by atoms with Crippen LogP contribution in [0.25, 0.3) is 11.2 Å². The van der Waals surface area contributed by atoms with Crippen molar-refractivity contribution < 1.29 is 14.9 Å². The third-order valence-corrected chi connectivity index (χ3v) is 5.90. The van der Waals surface area contributed by atoms with E-state index in [1.165, 1.54) is 12.7 Å². The lowest BCUT2D eigenvalue weighted by atomic mass is 10.2. The molecule has 0 saturated carbocycles. The van der Waals surface area contributed by atoms with Crippen molar-refractivity contribution in [3.63, 3.8) is 0 Å². The summed E-state index contributed by atoms with van der Waals surface area (Å²) >= 11 is 1.56. The van der Waals surface area contributed by atoms with E-state index in [0.717, 1.165) is 11.3 Å². The minimum Gasteiger partial charge on any atom is -0.394 e. The van der Waals surface area contributed by atoms with Crippen LogP contribution in [0.2, 0.25) is 0 Å². The first-order chi connectivity index (χ1) is 12.7. The van der Waals surface area contributed by atoms with Gasteiger partial charge in [-0.3, -0.25) is 4.57 Å². The third kappa shape index (κ3) is 3.03. The average molecular weight is 373 g/mol. The molecule has 26 heavy (non-hydrogen) atoms. The lowest BCUT2D eigenvalue weighted by molar-refractivity contribution is -0.0486. The Hall–Kier alpha value is -2.20. The molecule has 4 atom stereocenters. The maximum Gasteiger partial charge on any atom is 0.167 e. The molecule has 1 aliphatic heterocycles. The van der Waals surface area contributed by atoms with E-state index in [1.807, 2.05) is 30.3 Å². The molecule has 1 fully saturated rings. The molecule has 9 heteroatoms. The van der Waals surface area contributed by atoms with E-state index >= 15 is 0 Å². The predicted octanol–water partition coefficient (Wildman–Crippen LogP) is 0.961. The van der Waals surface area contributed by atoms with Gasteiger partial charge in [-0.2, -0.15) is 0 Å². The fourth-order valence-electron chi connectivity index (χ4n) is 3.13. The molecule has 0 bridgehead atoms. The molecule has 3 aromatic rings. The van der Waals surface area contributed by atoms with Gasteiger partial charge in [0, 0.05) is 5.75 Å². The number of aromatic nitrogens is 4. The highest BCUT2D eigenvalue weighted by molar-refractivity contribution is 7.99. The number of hydrogen-bond donors (Lipinski definition) is 3. The molecule has 4 rings (SSSR count). The lowest BCUT2D eigenvalue weighted by Crippen LogP contribution is -2.30. The van der Waals surface area contributed by atoms with Gasteiger partial charge in [-0.25, -0.2) is 15.0 Å². The summed E-state index contributed by atoms with van der Waals surface area (Å²) in [7, 11) is 0. The molecule has 0 spiro atoms. The molecule has 1 saturated heterocycles. The summed E-state index contributed by atoms with van der Waals surface area (Å²) in [6, 6.07) is 9.98. The molecule has 0 aliphatic carbocycles. The number of anilines is 1. The predicted molar refractivity (Wildman–Crippen MR) is 98.3 cm³/mol. The molecule has 1 aromatic carbocycles. The van der Waals surface area contributed by atoms with Crippen LogP contribution in [0.5, 0.6) is 0 Å². The molecule has 2 aromatic heterocycles. The fraction of sp³-hybridized carbons (Fsp3) is 0.353. The van der Waals surface area contributed by atoms with Crippen molar-refractivity contribution in [1.29, 1.82) is 0 Å². The minimum absolute atomic E-state index is 0.177. The molecular formula is C17H19N5O3S. The number of hydrogen-bond acceptors (Lipinski definition) is 8. The third-order valence-electron chi connectivity index (χ3n) is 4.44. The summed E-state index contributed by atoms with van der Waals surface area (Å²) in [6.07, 6.45) is 0.875. The molecular weight excluding hydrogens is 354 g/mol. The zero-order chi connectivity index (χ0) is 18.1. The van der Waals surface area contributed by atoms with Crippen LogP contribution in [0.1, 0.15) is 11.8 Å². The summed E-state index contributed by atoms with van der Waals surface area (Å²) in [5, 5.41) is 20.3. The number of ether oxygens (including phenoxy) is 1. The van der Waals surface area contributed by atoms with Crippen LogP contribution >= 0.6 is 11.8 Å². The van der Waals surface area contributed by atoms with Gasteiger partial charge in [-0.15, -0.1) is 11.8 Å². The van der Waals surface area contributed by atoms with E-state index in [4.69, 9.17) is 10.5 Å². The Bertz CT molecular complexity index is 890. The van der Waals surface area contributed by atoms with Gasteiger partial charge in [0.1, 0.15) is 17.9 Å². The molecule has 0 radical (unpaired) electrons. The number of imidazole rings is 1. The van der Waals surface area contributed by atoms with E-state index < -0.39 is 18.4 Å². The molecule has 136 valence electrons. The van der Waals surface area contributed by atoms with Crippen LogP contribution in [0.15, 0.2) is 43.0 Å². The second-order valence-corrected chi connectivity index (χ2v) is 7.25. The van der Waals surface area contributed by atoms with E-state index in [9.17, 15) is 10.2 Å². The number of fused-ring (bicyclic) bond motifs is 1. The molecule has 1 aliphatic rings. The molecule has 0 amide bonds. The monoisotopic (exact) mass is 373 g/mol. The summed E-state index contributed by atoms with van der Waals surface area (Å²) in [6.45, 7) is -0.177. The van der Waals surface area contributed by atoms with Gasteiger partial charge in [0.05, 0.1) is 24.3 Å². The van der Waals surface area contributed by atoms with Gasteiger partial charge >= 0.3 is 0 Å². The van der Waals surface area contributed by atoms with Gasteiger partial charge < -0.3 is 20.7 Å². The fourth-order valence-corrected chi connectivity index (χ4v) is 4.40. The Morgan fingerprint density at radius 2 is 2.00 bits per heavy atom. The molecule has 4 N–H and O–H groups in total. The number of rotatable bonds is 5. The van der Waals surface area contributed by atoms with Gasteiger partial charge in [0.15, 0.2) is 17.7 Å². The molecule has 3 heterocycles. The average Bonchev–Trinajstić information content (AvgIpc) is 3.22. The number of aliphatic hydroxyl groups excluding tert-OH is 2. The number of nitrogens with zero attached hydrogens (tertiary/aromatic N) is 4. The Morgan fingerprint density at radius 3 is 2.77 bits per heavy atom. The maximum absolute atomic E-state index is 10.8. The summed E-state index contributed by atoms with van der Waals surface area (Å²) in [5.74, 6) is 0.990. The van der Waals surface area contributed by atoms with Crippen molar-refractivity contribution >= 4 is 28.7 Å². The Morgan fingerprint density at radius 1 is 1.19 bits per heavy atom. The molecule has 0 unspecified atom stereocenters. The topological polar surface area (TPSA) is 119 Å². The molecule has 8 nitrogen and oxygen atoms in total. The SMILES string of the molecule is Nc1ncnc2c1ncn2[C@@H]1O[C@H](CO)[C@@H](SCc2ccccc2)[C@@H]1O. The van der Waals surface area contributed by atoms with Crippen LogP contribution < -0.4 is 5.73 Å². The normalized spacial score (nSPS) is 25.8. The summed E-state index contributed by atoms with van der Waals surface area (Å²) < 4.78 is 7.56. The van der Waals surface area contributed by atoms with Crippen LogP contribution in [-0.2, 0) is 10.5 Å². The van der Waals surface area contributed by atoms with Crippen LogP contribution in [0.3, 0.4) is 0 Å². The van der Waals surface area contributed by atoms with Crippen LogP contribution in [0, 0.1) is 0 Å². The Labute approximate surface area is 154 Å². The van der Waals surface area contributed by atoms with E-state index in [0.29, 0.717) is 11.2 Å². The van der Waals surface area contributed by atoms with E-state index in [-0.39, 0.29) is 17.7 Å². The maximum atomic E-state index is 10.8. The Kier molecular flexibility index (Phi) is 4.77. The highest BCUT2D eigenvalue weighted by Crippen LogP contribution is 2.38. The van der Waals surface area contributed by atoms with Crippen molar-refractivity contribution in [2.45, 2.75) is 29.4 Å². The van der Waals surface area contributed by atoms with E-state index in [2.05, 4.69) is 15.0 Å². The highest BCUT2D eigenvalue weighted by atomic mass is 32.2. The smallest absolute Gasteiger partial charge is 0.167 e. The number of nitrogens with two attached hydrogens (primary N) is 1. The van der Waals surface area contributed by atoms with Crippen molar-refractivity contribution in [2.24, 2.45) is 0 Å². The second kappa shape index (κ2) is 7.20. The van der Waals surface area contributed by atoms with Crippen molar-refractivity contribution in [3.05, 3.63) is 48.5 Å². The van der Waals surface area contributed by atoms with Gasteiger partial charge in [0.25, 0.3) is 0 Å². The lowest BCUT2D eigenvalue weighted by Gasteiger charge is -2.19. The number of aliphatic hydroxyl groups is 2. The highest BCUT2D eigenvalue weighted by Gasteiger charge is 2.45. The first-order valence-corrected chi connectivity index (χ1v) is 9.27.